The summed E-state index contributed by atoms with van der Waals surface area (Å²) < 4.78 is 5.58. The maximum absolute atomic E-state index is 11.9. The second-order valence-electron chi connectivity index (χ2n) is 5.97. The number of carbonyl (C=O) groups excluding carboxylic acids is 1. The summed E-state index contributed by atoms with van der Waals surface area (Å²) in [5.41, 5.74) is 2.10. The zero-order valence-electron chi connectivity index (χ0n) is 14.4. The number of rotatable bonds is 9. The third kappa shape index (κ3) is 6.84. The van der Waals surface area contributed by atoms with Crippen molar-refractivity contribution in [2.75, 3.05) is 18.4 Å². The van der Waals surface area contributed by atoms with Crippen LogP contribution in [0.3, 0.4) is 0 Å². The van der Waals surface area contributed by atoms with E-state index in [-0.39, 0.29) is 12.0 Å². The van der Waals surface area contributed by atoms with Gasteiger partial charge < -0.3 is 15.4 Å². The summed E-state index contributed by atoms with van der Waals surface area (Å²) in [4.78, 5) is 11.9. The Bertz CT molecular complexity index is 609. The molecule has 4 heteroatoms. The van der Waals surface area contributed by atoms with Crippen LogP contribution in [-0.2, 0) is 11.2 Å². The van der Waals surface area contributed by atoms with E-state index in [1.807, 2.05) is 56.3 Å². The molecule has 128 valence electrons. The van der Waals surface area contributed by atoms with Gasteiger partial charge in [-0.05, 0) is 56.6 Å². The van der Waals surface area contributed by atoms with Gasteiger partial charge in [0, 0.05) is 18.7 Å². The third-order valence-corrected chi connectivity index (χ3v) is 3.47. The minimum atomic E-state index is 0.0136. The van der Waals surface area contributed by atoms with Crippen molar-refractivity contribution in [2.24, 2.45) is 0 Å². The van der Waals surface area contributed by atoms with Crippen LogP contribution in [0.15, 0.2) is 54.6 Å². The molecule has 0 atom stereocenters. The number of amides is 1. The summed E-state index contributed by atoms with van der Waals surface area (Å²) >= 11 is 0. The highest BCUT2D eigenvalue weighted by Gasteiger charge is 2.03. The Morgan fingerprint density at radius 1 is 1.00 bits per heavy atom. The van der Waals surface area contributed by atoms with E-state index in [1.54, 1.807) is 0 Å². The van der Waals surface area contributed by atoms with Crippen LogP contribution >= 0.6 is 0 Å². The molecule has 2 rings (SSSR count). The van der Waals surface area contributed by atoms with E-state index in [2.05, 4.69) is 22.8 Å². The quantitative estimate of drug-likeness (QED) is 0.692. The van der Waals surface area contributed by atoms with E-state index < -0.39 is 0 Å². The number of benzene rings is 2. The molecule has 24 heavy (non-hydrogen) atoms. The van der Waals surface area contributed by atoms with Crippen molar-refractivity contribution in [3.63, 3.8) is 0 Å². The molecule has 0 spiro atoms. The first kappa shape index (κ1) is 18.0. The van der Waals surface area contributed by atoms with E-state index in [0.29, 0.717) is 13.0 Å². The van der Waals surface area contributed by atoms with E-state index in [1.165, 1.54) is 5.56 Å². The number of nitrogens with one attached hydrogen (secondary N) is 2. The van der Waals surface area contributed by atoms with Gasteiger partial charge in [0.05, 0.1) is 6.10 Å². The number of hydrogen-bond acceptors (Lipinski definition) is 3. The molecule has 1 amide bonds. The fourth-order valence-electron chi connectivity index (χ4n) is 2.32. The van der Waals surface area contributed by atoms with Gasteiger partial charge in [-0.3, -0.25) is 4.79 Å². The number of carbonyl (C=O) groups is 1. The lowest BCUT2D eigenvalue weighted by Gasteiger charge is -2.11. The lowest BCUT2D eigenvalue weighted by molar-refractivity contribution is -0.116. The monoisotopic (exact) mass is 326 g/mol. The minimum Gasteiger partial charge on any atom is -0.491 e. The summed E-state index contributed by atoms with van der Waals surface area (Å²) in [5.74, 6) is 0.824. The lowest BCUT2D eigenvalue weighted by atomic mass is 10.1. The first-order valence-electron chi connectivity index (χ1n) is 8.44. The van der Waals surface area contributed by atoms with Gasteiger partial charge in [-0.2, -0.15) is 0 Å². The molecule has 0 bridgehead atoms. The minimum absolute atomic E-state index is 0.0136. The summed E-state index contributed by atoms with van der Waals surface area (Å²) in [6.45, 7) is 5.52. The largest absolute Gasteiger partial charge is 0.491 e. The highest BCUT2D eigenvalue weighted by molar-refractivity contribution is 5.90. The van der Waals surface area contributed by atoms with E-state index in [9.17, 15) is 4.79 Å². The summed E-state index contributed by atoms with van der Waals surface area (Å²) in [7, 11) is 0. The highest BCUT2D eigenvalue weighted by atomic mass is 16.5. The normalized spacial score (nSPS) is 10.6. The topological polar surface area (TPSA) is 50.4 Å². The molecule has 0 unspecified atom stereocenters. The van der Waals surface area contributed by atoms with Crippen molar-refractivity contribution in [3.05, 3.63) is 60.2 Å². The fourth-order valence-corrected chi connectivity index (χ4v) is 2.32. The molecule has 0 aromatic heterocycles. The lowest BCUT2D eigenvalue weighted by Crippen LogP contribution is -2.23. The van der Waals surface area contributed by atoms with E-state index in [4.69, 9.17) is 4.74 Å². The predicted octanol–water partition coefficient (Wildman–Crippen LogP) is 3.63. The predicted molar refractivity (Wildman–Crippen MR) is 98.5 cm³/mol. The molecular weight excluding hydrogens is 300 g/mol. The van der Waals surface area contributed by atoms with Gasteiger partial charge in [0.2, 0.25) is 5.91 Å². The summed E-state index contributed by atoms with van der Waals surface area (Å²) in [6, 6.07) is 17.8. The Morgan fingerprint density at radius 3 is 2.38 bits per heavy atom. The third-order valence-electron chi connectivity index (χ3n) is 3.47. The standard InChI is InChI=1S/C20H26N2O2/c1-16(2)24-19-10-8-18(9-11-19)22-20(23)13-15-21-14-12-17-6-4-3-5-7-17/h3-11,16,21H,12-15H2,1-2H3,(H,22,23). The number of hydrogen-bond donors (Lipinski definition) is 2. The van der Waals surface area contributed by atoms with Gasteiger partial charge in [0.15, 0.2) is 0 Å². The molecule has 0 aliphatic rings. The Morgan fingerprint density at radius 2 is 1.71 bits per heavy atom. The van der Waals surface area contributed by atoms with E-state index >= 15 is 0 Å². The van der Waals surface area contributed by atoms with Crippen molar-refractivity contribution in [3.8, 4) is 5.75 Å². The molecule has 0 fully saturated rings. The van der Waals surface area contributed by atoms with E-state index in [0.717, 1.165) is 24.4 Å². The van der Waals surface area contributed by atoms with Crippen LogP contribution in [0.25, 0.3) is 0 Å². The van der Waals surface area contributed by atoms with Crippen molar-refractivity contribution < 1.29 is 9.53 Å². The van der Waals surface area contributed by atoms with Crippen LogP contribution < -0.4 is 15.4 Å². The van der Waals surface area contributed by atoms with Crippen LogP contribution in [0.5, 0.6) is 5.75 Å². The molecule has 2 N–H and O–H groups in total. The van der Waals surface area contributed by atoms with Crippen molar-refractivity contribution in [1.29, 1.82) is 0 Å². The molecule has 2 aromatic rings. The molecular formula is C20H26N2O2. The second-order valence-corrected chi connectivity index (χ2v) is 5.97. The molecule has 0 heterocycles. The van der Waals surface area contributed by atoms with Crippen LogP contribution in [-0.4, -0.2) is 25.1 Å². The maximum Gasteiger partial charge on any atom is 0.225 e. The fraction of sp³-hybridized carbons (Fsp3) is 0.350. The molecule has 0 saturated carbocycles. The first-order chi connectivity index (χ1) is 11.6. The molecule has 0 aliphatic carbocycles. The zero-order valence-corrected chi connectivity index (χ0v) is 14.4. The maximum atomic E-state index is 11.9. The van der Waals surface area contributed by atoms with Crippen molar-refractivity contribution in [1.82, 2.24) is 5.32 Å². The van der Waals surface area contributed by atoms with Gasteiger partial charge in [0.1, 0.15) is 5.75 Å². The SMILES string of the molecule is CC(C)Oc1ccc(NC(=O)CCNCCc2ccccc2)cc1. The average Bonchev–Trinajstić information content (AvgIpc) is 2.57. The smallest absolute Gasteiger partial charge is 0.225 e. The van der Waals surface area contributed by atoms with Crippen LogP contribution in [0.2, 0.25) is 0 Å². The Labute approximate surface area is 144 Å². The van der Waals surface area contributed by atoms with Crippen molar-refractivity contribution >= 4 is 11.6 Å². The number of ether oxygens (including phenoxy) is 1. The molecule has 0 saturated heterocycles. The van der Waals surface area contributed by atoms with Gasteiger partial charge in [-0.15, -0.1) is 0 Å². The highest BCUT2D eigenvalue weighted by Crippen LogP contribution is 2.16. The Balaban J connectivity index is 1.62. The van der Waals surface area contributed by atoms with Crippen molar-refractivity contribution in [2.45, 2.75) is 32.8 Å². The Hall–Kier alpha value is -2.33. The van der Waals surface area contributed by atoms with Crippen LogP contribution in [0.4, 0.5) is 5.69 Å². The first-order valence-corrected chi connectivity index (χ1v) is 8.44. The second kappa shape index (κ2) is 9.73. The average molecular weight is 326 g/mol. The van der Waals surface area contributed by atoms with Crippen LogP contribution in [0, 0.1) is 0 Å². The van der Waals surface area contributed by atoms with Crippen LogP contribution in [0.1, 0.15) is 25.8 Å². The molecule has 0 radical (unpaired) electrons. The number of anilines is 1. The zero-order chi connectivity index (χ0) is 17.2. The van der Waals surface area contributed by atoms with Gasteiger partial charge >= 0.3 is 0 Å². The summed E-state index contributed by atoms with van der Waals surface area (Å²) in [5, 5.41) is 6.20. The molecule has 0 aliphatic heterocycles. The molecule has 2 aromatic carbocycles. The van der Waals surface area contributed by atoms with Gasteiger partial charge in [0.25, 0.3) is 0 Å². The Kier molecular flexibility index (Phi) is 7.30. The van der Waals surface area contributed by atoms with Gasteiger partial charge in [-0.25, -0.2) is 0 Å². The van der Waals surface area contributed by atoms with Gasteiger partial charge in [-0.1, -0.05) is 30.3 Å². The summed E-state index contributed by atoms with van der Waals surface area (Å²) in [6.07, 6.45) is 1.58. The molecule has 4 nitrogen and oxygen atoms in total.